The molecule has 0 bridgehead atoms. The van der Waals surface area contributed by atoms with E-state index in [1.165, 1.54) is 0 Å². The number of aryl methyl sites for hydroxylation is 1. The number of nitrogens with two attached hydrogens (primary N) is 1. The largest absolute Gasteiger partial charge is 0.487 e. The molecule has 2 aromatic rings. The molecule has 1 aromatic heterocycles. The van der Waals surface area contributed by atoms with Crippen LogP contribution in [0.2, 0.25) is 0 Å². The van der Waals surface area contributed by atoms with Crippen LogP contribution < -0.4 is 10.5 Å². The summed E-state index contributed by atoms with van der Waals surface area (Å²) in [5.74, 6) is 0.841. The van der Waals surface area contributed by atoms with E-state index in [4.69, 9.17) is 10.5 Å². The summed E-state index contributed by atoms with van der Waals surface area (Å²) in [6.07, 6.45) is 0. The van der Waals surface area contributed by atoms with E-state index in [1.807, 2.05) is 43.5 Å². The summed E-state index contributed by atoms with van der Waals surface area (Å²) in [6, 6.07) is 7.83. The molecule has 0 fully saturated rings. The molecular weight excluding hydrogens is 232 g/mol. The van der Waals surface area contributed by atoms with Gasteiger partial charge in [-0.25, -0.2) is 4.98 Å². The molecule has 4 heteroatoms. The Morgan fingerprint density at radius 3 is 2.82 bits per heavy atom. The number of hydrogen-bond acceptors (Lipinski definition) is 4. The van der Waals surface area contributed by atoms with Crippen LogP contribution in [0.15, 0.2) is 29.6 Å². The molecule has 17 heavy (non-hydrogen) atoms. The second-order valence-electron chi connectivity index (χ2n) is 3.97. The lowest BCUT2D eigenvalue weighted by Crippen LogP contribution is -2.08. The van der Waals surface area contributed by atoms with Crippen LogP contribution in [0.3, 0.4) is 0 Å². The zero-order valence-electron chi connectivity index (χ0n) is 10.0. The highest BCUT2D eigenvalue weighted by molar-refractivity contribution is 7.09. The van der Waals surface area contributed by atoms with Gasteiger partial charge in [-0.2, -0.15) is 0 Å². The fourth-order valence-electron chi connectivity index (χ4n) is 1.61. The lowest BCUT2D eigenvalue weighted by Gasteiger charge is -2.12. The van der Waals surface area contributed by atoms with Gasteiger partial charge in [0.25, 0.3) is 0 Å². The van der Waals surface area contributed by atoms with E-state index >= 15 is 0 Å². The number of rotatable bonds is 4. The Kier molecular flexibility index (Phi) is 3.76. The van der Waals surface area contributed by atoms with Gasteiger partial charge < -0.3 is 10.5 Å². The van der Waals surface area contributed by atoms with E-state index in [0.717, 1.165) is 22.0 Å². The average molecular weight is 248 g/mol. The zero-order chi connectivity index (χ0) is 12.3. The summed E-state index contributed by atoms with van der Waals surface area (Å²) in [7, 11) is 0. The molecule has 0 aliphatic carbocycles. The van der Waals surface area contributed by atoms with Crippen molar-refractivity contribution in [1.82, 2.24) is 4.98 Å². The lowest BCUT2D eigenvalue weighted by atomic mass is 10.1. The van der Waals surface area contributed by atoms with Gasteiger partial charge in [0.05, 0.1) is 10.7 Å². The summed E-state index contributed by atoms with van der Waals surface area (Å²) >= 11 is 1.63. The first-order valence-corrected chi connectivity index (χ1v) is 6.43. The molecule has 0 unspecified atom stereocenters. The Hall–Kier alpha value is -1.39. The van der Waals surface area contributed by atoms with Gasteiger partial charge in [-0.15, -0.1) is 11.3 Å². The molecule has 0 saturated carbocycles. The summed E-state index contributed by atoms with van der Waals surface area (Å²) in [4.78, 5) is 4.36. The van der Waals surface area contributed by atoms with Crippen molar-refractivity contribution in [3.63, 3.8) is 0 Å². The van der Waals surface area contributed by atoms with Crippen molar-refractivity contribution in [2.24, 2.45) is 5.73 Å². The van der Waals surface area contributed by atoms with Gasteiger partial charge in [-0.05, 0) is 19.9 Å². The Bertz CT molecular complexity index is 494. The Morgan fingerprint density at radius 2 is 2.18 bits per heavy atom. The molecule has 0 amide bonds. The molecule has 90 valence electrons. The van der Waals surface area contributed by atoms with Crippen molar-refractivity contribution in [3.8, 4) is 5.75 Å². The zero-order valence-corrected chi connectivity index (χ0v) is 10.8. The number of thiazole rings is 1. The standard InChI is InChI=1S/C13H16N2OS/c1-9(14)12-5-3-4-6-13(12)16-7-11-8-17-10(2)15-11/h3-6,8-9H,7,14H2,1-2H3/t9-/m1/s1. The van der Waals surface area contributed by atoms with Gasteiger partial charge in [0.2, 0.25) is 0 Å². The molecule has 3 nitrogen and oxygen atoms in total. The van der Waals surface area contributed by atoms with E-state index in [9.17, 15) is 0 Å². The highest BCUT2D eigenvalue weighted by Gasteiger charge is 2.07. The van der Waals surface area contributed by atoms with Crippen molar-refractivity contribution in [1.29, 1.82) is 0 Å². The molecule has 1 atom stereocenters. The minimum absolute atomic E-state index is 0.0247. The third-order valence-corrected chi connectivity index (χ3v) is 3.27. The SMILES string of the molecule is Cc1nc(COc2ccccc2[C@@H](C)N)cs1. The fraction of sp³-hybridized carbons (Fsp3) is 0.308. The van der Waals surface area contributed by atoms with Gasteiger partial charge in [-0.3, -0.25) is 0 Å². The Balaban J connectivity index is 2.08. The number of aromatic nitrogens is 1. The third-order valence-electron chi connectivity index (χ3n) is 2.45. The molecule has 0 radical (unpaired) electrons. The maximum Gasteiger partial charge on any atom is 0.131 e. The highest BCUT2D eigenvalue weighted by atomic mass is 32.1. The lowest BCUT2D eigenvalue weighted by molar-refractivity contribution is 0.297. The van der Waals surface area contributed by atoms with E-state index in [1.54, 1.807) is 11.3 Å². The predicted octanol–water partition coefficient (Wildman–Crippen LogP) is 3.05. The Labute approximate surface area is 105 Å². The summed E-state index contributed by atoms with van der Waals surface area (Å²) in [5, 5.41) is 3.08. The monoisotopic (exact) mass is 248 g/mol. The summed E-state index contributed by atoms with van der Waals surface area (Å²) < 4.78 is 5.76. The fourth-order valence-corrected chi connectivity index (χ4v) is 2.21. The molecule has 0 saturated heterocycles. The van der Waals surface area contributed by atoms with Crippen LogP contribution in [0.5, 0.6) is 5.75 Å². The van der Waals surface area contributed by atoms with Crippen molar-refractivity contribution >= 4 is 11.3 Å². The van der Waals surface area contributed by atoms with Crippen molar-refractivity contribution in [3.05, 3.63) is 45.9 Å². The van der Waals surface area contributed by atoms with Gasteiger partial charge in [-0.1, -0.05) is 18.2 Å². The molecule has 2 rings (SSSR count). The van der Waals surface area contributed by atoms with Crippen LogP contribution in [0.25, 0.3) is 0 Å². The van der Waals surface area contributed by atoms with Gasteiger partial charge in [0.15, 0.2) is 0 Å². The van der Waals surface area contributed by atoms with E-state index in [2.05, 4.69) is 4.98 Å². The molecule has 2 N–H and O–H groups in total. The van der Waals surface area contributed by atoms with E-state index in [0.29, 0.717) is 6.61 Å². The van der Waals surface area contributed by atoms with Crippen molar-refractivity contribution in [2.45, 2.75) is 26.5 Å². The average Bonchev–Trinajstić information content (AvgIpc) is 2.73. The van der Waals surface area contributed by atoms with Crippen LogP contribution in [-0.4, -0.2) is 4.98 Å². The molecule has 1 heterocycles. The van der Waals surface area contributed by atoms with E-state index < -0.39 is 0 Å². The number of hydrogen-bond donors (Lipinski definition) is 1. The van der Waals surface area contributed by atoms with Gasteiger partial charge in [0, 0.05) is 17.0 Å². The van der Waals surface area contributed by atoms with E-state index in [-0.39, 0.29) is 6.04 Å². The number of benzene rings is 1. The summed E-state index contributed by atoms with van der Waals surface area (Å²) in [5.41, 5.74) is 7.89. The maximum absolute atomic E-state index is 5.89. The third kappa shape index (κ3) is 3.05. The molecule has 1 aromatic carbocycles. The smallest absolute Gasteiger partial charge is 0.131 e. The Morgan fingerprint density at radius 1 is 1.41 bits per heavy atom. The molecular formula is C13H16N2OS. The number of nitrogens with zero attached hydrogens (tertiary/aromatic N) is 1. The van der Waals surface area contributed by atoms with Crippen molar-refractivity contribution in [2.75, 3.05) is 0 Å². The molecule has 0 spiro atoms. The topological polar surface area (TPSA) is 48.1 Å². The number of para-hydroxylation sites is 1. The van der Waals surface area contributed by atoms with Crippen LogP contribution in [0.4, 0.5) is 0 Å². The highest BCUT2D eigenvalue weighted by Crippen LogP contribution is 2.24. The first kappa shape index (κ1) is 12.1. The van der Waals surface area contributed by atoms with Crippen LogP contribution >= 0.6 is 11.3 Å². The second kappa shape index (κ2) is 5.29. The maximum atomic E-state index is 5.89. The van der Waals surface area contributed by atoms with Gasteiger partial charge >= 0.3 is 0 Å². The number of ether oxygens (including phenoxy) is 1. The molecule has 0 aliphatic rings. The van der Waals surface area contributed by atoms with Crippen LogP contribution in [0, 0.1) is 6.92 Å². The summed E-state index contributed by atoms with van der Waals surface area (Å²) in [6.45, 7) is 4.44. The van der Waals surface area contributed by atoms with Crippen molar-refractivity contribution < 1.29 is 4.74 Å². The first-order chi connectivity index (χ1) is 8.16. The van der Waals surface area contributed by atoms with Gasteiger partial charge in [0.1, 0.15) is 12.4 Å². The minimum Gasteiger partial charge on any atom is -0.487 e. The van der Waals surface area contributed by atoms with Crippen LogP contribution in [0.1, 0.15) is 29.2 Å². The second-order valence-corrected chi connectivity index (χ2v) is 5.04. The van der Waals surface area contributed by atoms with Crippen LogP contribution in [-0.2, 0) is 6.61 Å². The first-order valence-electron chi connectivity index (χ1n) is 5.55. The minimum atomic E-state index is -0.0247. The predicted molar refractivity (Wildman–Crippen MR) is 70.2 cm³/mol. The normalized spacial score (nSPS) is 12.4. The molecule has 0 aliphatic heterocycles. The quantitative estimate of drug-likeness (QED) is 0.904.